The molecule has 2 rings (SSSR count). The van der Waals surface area contributed by atoms with Crippen LogP contribution in [-0.2, 0) is 7.05 Å². The van der Waals surface area contributed by atoms with Crippen molar-refractivity contribution in [3.63, 3.8) is 0 Å². The Hall–Kier alpha value is -0.920. The lowest BCUT2D eigenvalue weighted by Gasteiger charge is -2.04. The molecule has 1 radical (unpaired) electrons. The Kier molecular flexibility index (Phi) is 2.53. The average Bonchev–Trinajstić information content (AvgIpc) is 2.57. The van der Waals surface area contributed by atoms with Crippen molar-refractivity contribution in [1.82, 2.24) is 4.57 Å². The van der Waals surface area contributed by atoms with Gasteiger partial charge in [-0.2, -0.15) is 0 Å². The minimum atomic E-state index is 0.574. The first-order valence-corrected chi connectivity index (χ1v) is 4.93. The molecule has 1 nitrogen and oxygen atoms in total. The summed E-state index contributed by atoms with van der Waals surface area (Å²) < 4.78 is 1.92. The normalized spacial score (nSPS) is 10.5. The molecule has 14 heavy (non-hydrogen) atoms. The van der Waals surface area contributed by atoms with Crippen molar-refractivity contribution in [2.24, 2.45) is 7.05 Å². The van der Waals surface area contributed by atoms with Crippen LogP contribution in [0.5, 0.6) is 0 Å². The third kappa shape index (κ3) is 1.66. The molecular formula is C11H8Cl2N. The number of rotatable bonds is 1. The van der Waals surface area contributed by atoms with E-state index >= 15 is 0 Å². The van der Waals surface area contributed by atoms with Crippen LogP contribution < -0.4 is 0 Å². The second kappa shape index (κ2) is 3.68. The summed E-state index contributed by atoms with van der Waals surface area (Å²) >= 11 is 11.8. The second-order valence-electron chi connectivity index (χ2n) is 3.04. The maximum absolute atomic E-state index is 5.93. The Bertz CT molecular complexity index is 460. The van der Waals surface area contributed by atoms with Crippen molar-refractivity contribution in [1.29, 1.82) is 0 Å². The Morgan fingerprint density at radius 3 is 2.50 bits per heavy atom. The van der Waals surface area contributed by atoms with E-state index in [1.165, 1.54) is 0 Å². The highest BCUT2D eigenvalue weighted by atomic mass is 35.5. The van der Waals surface area contributed by atoms with E-state index in [1.54, 1.807) is 6.07 Å². The monoisotopic (exact) mass is 224 g/mol. The van der Waals surface area contributed by atoms with Crippen molar-refractivity contribution in [3.8, 4) is 11.3 Å². The molecule has 0 saturated carbocycles. The van der Waals surface area contributed by atoms with Crippen LogP contribution in [0.25, 0.3) is 11.3 Å². The van der Waals surface area contributed by atoms with Gasteiger partial charge >= 0.3 is 0 Å². The number of hydrogen-bond donors (Lipinski definition) is 0. The van der Waals surface area contributed by atoms with Gasteiger partial charge in [-0.15, -0.1) is 0 Å². The Labute approximate surface area is 92.9 Å². The molecular weight excluding hydrogens is 217 g/mol. The van der Waals surface area contributed by atoms with Crippen LogP contribution in [0.4, 0.5) is 0 Å². The number of hydrogen-bond acceptors (Lipinski definition) is 0. The van der Waals surface area contributed by atoms with E-state index in [-0.39, 0.29) is 0 Å². The number of aromatic nitrogens is 1. The fourth-order valence-corrected chi connectivity index (χ4v) is 1.65. The van der Waals surface area contributed by atoms with Gasteiger partial charge < -0.3 is 4.57 Å². The molecule has 0 fully saturated rings. The zero-order chi connectivity index (χ0) is 10.1. The predicted octanol–water partition coefficient (Wildman–Crippen LogP) is 3.80. The van der Waals surface area contributed by atoms with E-state index in [1.807, 2.05) is 35.9 Å². The maximum atomic E-state index is 5.93. The third-order valence-electron chi connectivity index (χ3n) is 2.09. The standard InChI is InChI=1S/C11H8Cl2N/c1-14-6-2-3-11(14)8-4-5-9(12)10(13)7-8/h2-5,7H,1H3. The Balaban J connectivity index is 2.53. The van der Waals surface area contributed by atoms with Crippen molar-refractivity contribution < 1.29 is 0 Å². The number of benzene rings is 1. The highest BCUT2D eigenvalue weighted by Gasteiger charge is 2.04. The van der Waals surface area contributed by atoms with Crippen LogP contribution in [0.1, 0.15) is 0 Å². The molecule has 1 aromatic carbocycles. The SMILES string of the molecule is Cn1[c]ccc1-c1ccc(Cl)c(Cl)c1. The fraction of sp³-hybridized carbons (Fsp3) is 0.0909. The fourth-order valence-electron chi connectivity index (χ4n) is 1.35. The first kappa shape index (κ1) is 9.63. The van der Waals surface area contributed by atoms with E-state index in [0.717, 1.165) is 11.3 Å². The van der Waals surface area contributed by atoms with E-state index < -0.39 is 0 Å². The van der Waals surface area contributed by atoms with Crippen LogP contribution in [0, 0.1) is 6.20 Å². The molecule has 3 heteroatoms. The third-order valence-corrected chi connectivity index (χ3v) is 2.83. The van der Waals surface area contributed by atoms with Gasteiger partial charge in [0.05, 0.1) is 16.2 Å². The number of halogens is 2. The zero-order valence-corrected chi connectivity index (χ0v) is 9.10. The van der Waals surface area contributed by atoms with Gasteiger partial charge in [0.2, 0.25) is 0 Å². The molecule has 0 bridgehead atoms. The highest BCUT2D eigenvalue weighted by molar-refractivity contribution is 6.42. The van der Waals surface area contributed by atoms with Gasteiger partial charge in [0.25, 0.3) is 0 Å². The van der Waals surface area contributed by atoms with Crippen LogP contribution >= 0.6 is 23.2 Å². The van der Waals surface area contributed by atoms with Gasteiger partial charge in [0.15, 0.2) is 0 Å². The molecule has 0 amide bonds. The first-order valence-electron chi connectivity index (χ1n) is 4.17. The van der Waals surface area contributed by atoms with Crippen LogP contribution in [0.15, 0.2) is 30.3 Å². The Morgan fingerprint density at radius 2 is 1.93 bits per heavy atom. The van der Waals surface area contributed by atoms with Gasteiger partial charge in [0, 0.05) is 12.7 Å². The minimum Gasteiger partial charge on any atom is -0.342 e. The Morgan fingerprint density at radius 1 is 1.14 bits per heavy atom. The van der Waals surface area contributed by atoms with Crippen LogP contribution in [0.2, 0.25) is 10.0 Å². The highest BCUT2D eigenvalue weighted by Crippen LogP contribution is 2.28. The van der Waals surface area contributed by atoms with Gasteiger partial charge in [-0.05, 0) is 29.8 Å². The molecule has 2 aromatic rings. The summed E-state index contributed by atoms with van der Waals surface area (Å²) in [7, 11) is 1.94. The van der Waals surface area contributed by atoms with E-state index in [4.69, 9.17) is 23.2 Å². The number of aryl methyl sites for hydroxylation is 1. The number of nitrogens with zero attached hydrogens (tertiary/aromatic N) is 1. The maximum Gasteiger partial charge on any atom is 0.0650 e. The minimum absolute atomic E-state index is 0.574. The molecule has 71 valence electrons. The van der Waals surface area contributed by atoms with Gasteiger partial charge in [-0.3, -0.25) is 0 Å². The van der Waals surface area contributed by atoms with E-state index in [9.17, 15) is 0 Å². The smallest absolute Gasteiger partial charge is 0.0650 e. The molecule has 1 aromatic heterocycles. The van der Waals surface area contributed by atoms with Gasteiger partial charge in [-0.25, -0.2) is 0 Å². The molecule has 0 aliphatic rings. The average molecular weight is 225 g/mol. The van der Waals surface area contributed by atoms with Crippen LogP contribution in [0.3, 0.4) is 0 Å². The molecule has 0 aliphatic carbocycles. The predicted molar refractivity (Wildman–Crippen MR) is 59.7 cm³/mol. The lowest BCUT2D eigenvalue weighted by atomic mass is 10.1. The van der Waals surface area contributed by atoms with Crippen molar-refractivity contribution in [3.05, 3.63) is 46.6 Å². The summed E-state index contributed by atoms with van der Waals surface area (Å²) in [6.07, 6.45) is 3.04. The summed E-state index contributed by atoms with van der Waals surface area (Å²) in [6, 6.07) is 9.45. The van der Waals surface area contributed by atoms with Crippen molar-refractivity contribution in [2.75, 3.05) is 0 Å². The van der Waals surface area contributed by atoms with Gasteiger partial charge in [-0.1, -0.05) is 29.3 Å². The van der Waals surface area contributed by atoms with Crippen molar-refractivity contribution in [2.45, 2.75) is 0 Å². The molecule has 1 heterocycles. The largest absolute Gasteiger partial charge is 0.342 e. The zero-order valence-electron chi connectivity index (χ0n) is 7.59. The van der Waals surface area contributed by atoms with Gasteiger partial charge in [0.1, 0.15) is 0 Å². The second-order valence-corrected chi connectivity index (χ2v) is 3.85. The van der Waals surface area contributed by atoms with E-state index in [0.29, 0.717) is 10.0 Å². The summed E-state index contributed by atoms with van der Waals surface area (Å²) in [6.45, 7) is 0. The topological polar surface area (TPSA) is 4.93 Å². The summed E-state index contributed by atoms with van der Waals surface area (Å²) in [5, 5.41) is 1.15. The lowest BCUT2D eigenvalue weighted by Crippen LogP contribution is -1.89. The summed E-state index contributed by atoms with van der Waals surface area (Å²) in [5.41, 5.74) is 2.12. The molecule has 0 spiro atoms. The van der Waals surface area contributed by atoms with E-state index in [2.05, 4.69) is 6.20 Å². The van der Waals surface area contributed by atoms with Crippen LogP contribution in [-0.4, -0.2) is 4.57 Å². The summed E-state index contributed by atoms with van der Waals surface area (Å²) in [5.74, 6) is 0. The summed E-state index contributed by atoms with van der Waals surface area (Å²) in [4.78, 5) is 0. The molecule has 0 saturated heterocycles. The molecule has 0 aliphatic heterocycles. The molecule has 0 unspecified atom stereocenters. The first-order chi connectivity index (χ1) is 6.68. The quantitative estimate of drug-likeness (QED) is 0.695. The lowest BCUT2D eigenvalue weighted by molar-refractivity contribution is 0.928. The van der Waals surface area contributed by atoms with Crippen molar-refractivity contribution >= 4 is 23.2 Å². The molecule has 0 atom stereocenters. The molecule has 0 N–H and O–H groups in total.